The maximum Gasteiger partial charge on any atom is 0.255 e. The first-order valence-electron chi connectivity index (χ1n) is 9.77. The van der Waals surface area contributed by atoms with Crippen LogP contribution in [-0.2, 0) is 5.75 Å². The van der Waals surface area contributed by atoms with Gasteiger partial charge in [0, 0.05) is 26.4 Å². The molecule has 0 aliphatic carbocycles. The van der Waals surface area contributed by atoms with E-state index in [0.29, 0.717) is 5.56 Å². The minimum Gasteiger partial charge on any atom is -0.457 e. The fourth-order valence-electron chi connectivity index (χ4n) is 2.88. The molecule has 0 saturated heterocycles. The van der Waals surface area contributed by atoms with Crippen molar-refractivity contribution in [2.24, 2.45) is 0 Å². The Morgan fingerprint density at radius 3 is 2.10 bits per heavy atom. The van der Waals surface area contributed by atoms with Crippen LogP contribution in [0.3, 0.4) is 0 Å². The fourth-order valence-corrected chi connectivity index (χ4v) is 4.00. The van der Waals surface area contributed by atoms with Gasteiger partial charge >= 0.3 is 0 Å². The number of thioether (sulfide) groups is 1. The molecule has 0 unspecified atom stereocenters. The summed E-state index contributed by atoms with van der Waals surface area (Å²) in [5, 5.41) is 2.91. The molecule has 154 valence electrons. The van der Waals surface area contributed by atoms with E-state index in [1.807, 2.05) is 91.0 Å². The molecular formula is C26H20BrNO2S. The molecule has 0 aliphatic heterocycles. The number of hydrogen-bond acceptors (Lipinski definition) is 3. The molecule has 0 saturated carbocycles. The second-order valence-corrected chi connectivity index (χ2v) is 8.80. The predicted molar refractivity (Wildman–Crippen MR) is 131 cm³/mol. The summed E-state index contributed by atoms with van der Waals surface area (Å²) in [5.41, 5.74) is 2.57. The molecule has 0 heterocycles. The number of para-hydroxylation sites is 1. The van der Waals surface area contributed by atoms with Crippen LogP contribution in [0.4, 0.5) is 5.69 Å². The first-order chi connectivity index (χ1) is 15.2. The molecule has 0 aromatic heterocycles. The number of halogens is 1. The highest BCUT2D eigenvalue weighted by atomic mass is 79.9. The standard InChI is InChI=1S/C26H20BrNO2S/c27-21-10-12-22(13-11-21)28-26(29)20-8-6-19(7-9-20)18-31-25-16-14-24(15-17-25)30-23-4-2-1-3-5-23/h1-17H,18H2,(H,28,29). The average molecular weight is 490 g/mol. The van der Waals surface area contributed by atoms with E-state index in [4.69, 9.17) is 4.74 Å². The van der Waals surface area contributed by atoms with Gasteiger partial charge in [-0.15, -0.1) is 11.8 Å². The zero-order chi connectivity index (χ0) is 21.5. The third kappa shape index (κ3) is 6.23. The number of nitrogens with one attached hydrogen (secondary N) is 1. The molecule has 0 radical (unpaired) electrons. The van der Waals surface area contributed by atoms with E-state index in [1.165, 1.54) is 0 Å². The zero-order valence-electron chi connectivity index (χ0n) is 16.6. The monoisotopic (exact) mass is 489 g/mol. The first-order valence-corrected chi connectivity index (χ1v) is 11.6. The van der Waals surface area contributed by atoms with E-state index in [0.717, 1.165) is 37.9 Å². The largest absolute Gasteiger partial charge is 0.457 e. The van der Waals surface area contributed by atoms with Gasteiger partial charge in [-0.3, -0.25) is 4.79 Å². The molecule has 31 heavy (non-hydrogen) atoms. The lowest BCUT2D eigenvalue weighted by Crippen LogP contribution is -2.11. The Morgan fingerprint density at radius 1 is 0.774 bits per heavy atom. The number of ether oxygens (including phenoxy) is 1. The normalized spacial score (nSPS) is 10.5. The number of hydrogen-bond donors (Lipinski definition) is 1. The smallest absolute Gasteiger partial charge is 0.255 e. The van der Waals surface area contributed by atoms with Crippen LogP contribution in [0.5, 0.6) is 11.5 Å². The molecule has 0 atom stereocenters. The molecule has 0 aliphatic rings. The van der Waals surface area contributed by atoms with Crippen molar-refractivity contribution in [3.8, 4) is 11.5 Å². The van der Waals surface area contributed by atoms with Crippen LogP contribution in [0, 0.1) is 0 Å². The molecule has 4 aromatic carbocycles. The van der Waals surface area contributed by atoms with Crippen LogP contribution in [0.1, 0.15) is 15.9 Å². The summed E-state index contributed by atoms with van der Waals surface area (Å²) in [6.45, 7) is 0. The lowest BCUT2D eigenvalue weighted by Gasteiger charge is -2.08. The van der Waals surface area contributed by atoms with Gasteiger partial charge in [0.05, 0.1) is 0 Å². The summed E-state index contributed by atoms with van der Waals surface area (Å²) >= 11 is 5.14. The van der Waals surface area contributed by atoms with Gasteiger partial charge in [0.2, 0.25) is 0 Å². The van der Waals surface area contributed by atoms with Gasteiger partial charge in [0.15, 0.2) is 0 Å². The SMILES string of the molecule is O=C(Nc1ccc(Br)cc1)c1ccc(CSc2ccc(Oc3ccccc3)cc2)cc1. The summed E-state index contributed by atoms with van der Waals surface area (Å²) in [6.07, 6.45) is 0. The van der Waals surface area contributed by atoms with Gasteiger partial charge in [-0.2, -0.15) is 0 Å². The van der Waals surface area contributed by atoms with Crippen LogP contribution in [0.15, 0.2) is 112 Å². The highest BCUT2D eigenvalue weighted by Gasteiger charge is 2.06. The van der Waals surface area contributed by atoms with Crippen LogP contribution >= 0.6 is 27.7 Å². The Bertz CT molecular complexity index is 1130. The third-order valence-electron chi connectivity index (χ3n) is 4.53. The molecular weight excluding hydrogens is 470 g/mol. The molecule has 0 bridgehead atoms. The van der Waals surface area contributed by atoms with Gasteiger partial charge in [-0.05, 0) is 78.4 Å². The molecule has 1 amide bonds. The van der Waals surface area contributed by atoms with Crippen molar-refractivity contribution < 1.29 is 9.53 Å². The van der Waals surface area contributed by atoms with E-state index in [-0.39, 0.29) is 5.91 Å². The van der Waals surface area contributed by atoms with E-state index in [2.05, 4.69) is 33.4 Å². The molecule has 3 nitrogen and oxygen atoms in total. The van der Waals surface area contributed by atoms with Crippen molar-refractivity contribution in [3.63, 3.8) is 0 Å². The fraction of sp³-hybridized carbons (Fsp3) is 0.0385. The van der Waals surface area contributed by atoms with Crippen molar-refractivity contribution in [1.29, 1.82) is 0 Å². The maximum absolute atomic E-state index is 12.4. The lowest BCUT2D eigenvalue weighted by atomic mass is 10.1. The van der Waals surface area contributed by atoms with E-state index < -0.39 is 0 Å². The number of benzene rings is 4. The summed E-state index contributed by atoms with van der Waals surface area (Å²) in [7, 11) is 0. The van der Waals surface area contributed by atoms with Crippen molar-refractivity contribution in [3.05, 3.63) is 119 Å². The van der Waals surface area contributed by atoms with Gasteiger partial charge < -0.3 is 10.1 Å². The minimum atomic E-state index is -0.115. The second-order valence-electron chi connectivity index (χ2n) is 6.83. The molecule has 1 N–H and O–H groups in total. The third-order valence-corrected chi connectivity index (χ3v) is 6.14. The summed E-state index contributed by atoms with van der Waals surface area (Å²) in [6, 6.07) is 33.1. The second kappa shape index (κ2) is 10.3. The van der Waals surface area contributed by atoms with Crippen LogP contribution in [-0.4, -0.2) is 5.91 Å². The van der Waals surface area contributed by atoms with Crippen LogP contribution in [0.2, 0.25) is 0 Å². The molecule has 0 spiro atoms. The Morgan fingerprint density at radius 2 is 1.42 bits per heavy atom. The maximum atomic E-state index is 12.4. The Kier molecular flexibility index (Phi) is 7.07. The highest BCUT2D eigenvalue weighted by molar-refractivity contribution is 9.10. The molecule has 4 rings (SSSR count). The average Bonchev–Trinajstić information content (AvgIpc) is 2.81. The number of carbonyl (C=O) groups is 1. The van der Waals surface area contributed by atoms with E-state index in [9.17, 15) is 4.79 Å². The number of rotatable bonds is 7. The quantitative estimate of drug-likeness (QED) is 0.269. The van der Waals surface area contributed by atoms with Gasteiger partial charge in [-0.25, -0.2) is 0 Å². The Hall–Kier alpha value is -3.02. The van der Waals surface area contributed by atoms with Crippen LogP contribution < -0.4 is 10.1 Å². The Labute approximate surface area is 194 Å². The minimum absolute atomic E-state index is 0.115. The summed E-state index contributed by atoms with van der Waals surface area (Å²) < 4.78 is 6.81. The van der Waals surface area contributed by atoms with Crippen molar-refractivity contribution in [1.82, 2.24) is 0 Å². The number of carbonyl (C=O) groups excluding carboxylic acids is 1. The number of anilines is 1. The lowest BCUT2D eigenvalue weighted by molar-refractivity contribution is 0.102. The first kappa shape index (κ1) is 21.2. The Balaban J connectivity index is 1.30. The van der Waals surface area contributed by atoms with Gasteiger partial charge in [-0.1, -0.05) is 46.3 Å². The summed E-state index contributed by atoms with van der Waals surface area (Å²) in [4.78, 5) is 13.6. The van der Waals surface area contributed by atoms with Gasteiger partial charge in [0.25, 0.3) is 5.91 Å². The van der Waals surface area contributed by atoms with Crippen LogP contribution in [0.25, 0.3) is 0 Å². The topological polar surface area (TPSA) is 38.3 Å². The van der Waals surface area contributed by atoms with Crippen molar-refractivity contribution in [2.45, 2.75) is 10.6 Å². The summed E-state index contributed by atoms with van der Waals surface area (Å²) in [5.74, 6) is 2.35. The number of amides is 1. The van der Waals surface area contributed by atoms with Crippen molar-refractivity contribution in [2.75, 3.05) is 5.32 Å². The van der Waals surface area contributed by atoms with Crippen molar-refractivity contribution >= 4 is 39.3 Å². The molecule has 4 aromatic rings. The highest BCUT2D eigenvalue weighted by Crippen LogP contribution is 2.27. The van der Waals surface area contributed by atoms with E-state index in [1.54, 1.807) is 11.8 Å². The molecule has 5 heteroatoms. The zero-order valence-corrected chi connectivity index (χ0v) is 19.0. The van der Waals surface area contributed by atoms with Gasteiger partial charge in [0.1, 0.15) is 11.5 Å². The predicted octanol–water partition coefficient (Wildman–Crippen LogP) is 7.79. The van der Waals surface area contributed by atoms with E-state index >= 15 is 0 Å². The molecule has 0 fully saturated rings.